The van der Waals surface area contributed by atoms with Crippen molar-refractivity contribution in [2.75, 3.05) is 13.1 Å². The zero-order valence-electron chi connectivity index (χ0n) is 17.9. The van der Waals surface area contributed by atoms with Crippen LogP contribution in [0.25, 0.3) is 0 Å². The zero-order valence-corrected chi connectivity index (χ0v) is 18.7. The fraction of sp³-hybridized carbons (Fsp3) is 0.308. The Morgan fingerprint density at radius 2 is 1.44 bits per heavy atom. The molecule has 32 heavy (non-hydrogen) atoms. The van der Waals surface area contributed by atoms with Crippen molar-refractivity contribution in [3.63, 3.8) is 0 Å². The number of nitrogens with zero attached hydrogens (tertiary/aromatic N) is 1. The number of halogens is 4. The molecule has 0 aliphatic heterocycles. The molecular formula is C26H27ClF3NO. The number of rotatable bonds is 9. The fourth-order valence-electron chi connectivity index (χ4n) is 3.80. The predicted octanol–water partition coefficient (Wildman–Crippen LogP) is 6.76. The van der Waals surface area contributed by atoms with Gasteiger partial charge in [0.25, 0.3) is 0 Å². The van der Waals surface area contributed by atoms with Gasteiger partial charge in [0.05, 0.1) is 16.7 Å². The highest BCUT2D eigenvalue weighted by atomic mass is 35.5. The molecule has 0 radical (unpaired) electrons. The van der Waals surface area contributed by atoms with E-state index in [1.54, 1.807) is 13.0 Å². The summed E-state index contributed by atoms with van der Waals surface area (Å²) in [5.74, 6) is 0.0240. The van der Waals surface area contributed by atoms with Gasteiger partial charge in [0.15, 0.2) is 0 Å². The summed E-state index contributed by atoms with van der Waals surface area (Å²) in [5.41, 5.74) is 1.84. The van der Waals surface area contributed by atoms with Gasteiger partial charge in [-0.3, -0.25) is 4.90 Å². The molecule has 0 saturated heterocycles. The Kier molecular flexibility index (Phi) is 8.35. The second kappa shape index (κ2) is 11.0. The molecule has 0 aliphatic carbocycles. The van der Waals surface area contributed by atoms with E-state index >= 15 is 0 Å². The summed E-state index contributed by atoms with van der Waals surface area (Å²) in [6, 6.07) is 24.1. The van der Waals surface area contributed by atoms with E-state index in [0.717, 1.165) is 17.2 Å². The summed E-state index contributed by atoms with van der Waals surface area (Å²) in [7, 11) is 0. The molecule has 1 N–H and O–H groups in total. The van der Waals surface area contributed by atoms with Crippen LogP contribution in [-0.4, -0.2) is 29.2 Å². The van der Waals surface area contributed by atoms with Crippen LogP contribution in [0.5, 0.6) is 0 Å². The molecule has 3 aromatic carbocycles. The van der Waals surface area contributed by atoms with E-state index in [2.05, 4.69) is 29.2 Å². The zero-order chi connectivity index (χ0) is 23.1. The molecule has 170 valence electrons. The minimum Gasteiger partial charge on any atom is -0.393 e. The second-order valence-corrected chi connectivity index (χ2v) is 8.40. The fourth-order valence-corrected chi connectivity index (χ4v) is 4.09. The van der Waals surface area contributed by atoms with Crippen LogP contribution in [0.2, 0.25) is 5.02 Å². The van der Waals surface area contributed by atoms with Crippen molar-refractivity contribution >= 4 is 11.6 Å². The third-order valence-electron chi connectivity index (χ3n) is 5.49. The van der Waals surface area contributed by atoms with Crippen LogP contribution < -0.4 is 0 Å². The number of alkyl halides is 3. The Bertz CT molecular complexity index is 938. The van der Waals surface area contributed by atoms with Crippen molar-refractivity contribution in [2.45, 2.75) is 38.1 Å². The molecule has 0 spiro atoms. The molecular weight excluding hydrogens is 435 g/mol. The van der Waals surface area contributed by atoms with Gasteiger partial charge in [-0.05, 0) is 36.1 Å². The van der Waals surface area contributed by atoms with Crippen molar-refractivity contribution in [2.24, 2.45) is 0 Å². The van der Waals surface area contributed by atoms with Crippen LogP contribution in [0.4, 0.5) is 13.2 Å². The van der Waals surface area contributed by atoms with Crippen LogP contribution in [0.15, 0.2) is 78.9 Å². The minimum atomic E-state index is -4.51. The van der Waals surface area contributed by atoms with Gasteiger partial charge in [-0.15, -0.1) is 0 Å². The van der Waals surface area contributed by atoms with Gasteiger partial charge in [0.1, 0.15) is 0 Å². The first kappa shape index (κ1) is 24.3. The van der Waals surface area contributed by atoms with E-state index < -0.39 is 17.8 Å². The Balaban J connectivity index is 1.93. The molecule has 0 saturated carbocycles. The topological polar surface area (TPSA) is 23.5 Å². The maximum Gasteiger partial charge on any atom is 0.417 e. The molecule has 6 heteroatoms. The molecule has 0 fully saturated rings. The lowest BCUT2D eigenvalue weighted by atomic mass is 9.90. The molecule has 1 atom stereocenters. The summed E-state index contributed by atoms with van der Waals surface area (Å²) >= 11 is 6.17. The van der Waals surface area contributed by atoms with Crippen LogP contribution in [-0.2, 0) is 12.7 Å². The molecule has 0 aromatic heterocycles. The average Bonchev–Trinajstić information content (AvgIpc) is 2.77. The first-order valence-corrected chi connectivity index (χ1v) is 11.0. The molecule has 3 rings (SSSR count). The van der Waals surface area contributed by atoms with Gasteiger partial charge in [0, 0.05) is 25.6 Å². The Labute approximate surface area is 192 Å². The maximum atomic E-state index is 13.3. The third kappa shape index (κ3) is 6.58. The molecule has 2 nitrogen and oxygen atoms in total. The summed E-state index contributed by atoms with van der Waals surface area (Å²) in [5, 5.41) is 9.57. The van der Waals surface area contributed by atoms with Gasteiger partial charge in [0.2, 0.25) is 0 Å². The molecule has 0 bridgehead atoms. The molecule has 1 unspecified atom stereocenters. The van der Waals surface area contributed by atoms with Gasteiger partial charge in [-0.25, -0.2) is 0 Å². The quantitative estimate of drug-likeness (QED) is 0.380. The van der Waals surface area contributed by atoms with Crippen molar-refractivity contribution in [3.8, 4) is 0 Å². The maximum absolute atomic E-state index is 13.3. The standard InChI is InChI=1S/C26H27ClF3NO/c1-19(32)15-16-31(17-22-13-8-14-24(25(22)27)26(28,29)30)18-23(20-9-4-2-5-10-20)21-11-6-3-7-12-21/h2-14,19,23,32H,15-18H2,1H3. The smallest absolute Gasteiger partial charge is 0.393 e. The van der Waals surface area contributed by atoms with E-state index in [9.17, 15) is 18.3 Å². The van der Waals surface area contributed by atoms with Crippen LogP contribution in [0, 0.1) is 0 Å². The summed E-state index contributed by atoms with van der Waals surface area (Å²) in [6.45, 7) is 3.07. The number of hydrogen-bond donors (Lipinski definition) is 1. The summed E-state index contributed by atoms with van der Waals surface area (Å²) < 4.78 is 40.0. The van der Waals surface area contributed by atoms with Gasteiger partial charge in [-0.2, -0.15) is 13.2 Å². The highest BCUT2D eigenvalue weighted by molar-refractivity contribution is 6.32. The lowest BCUT2D eigenvalue weighted by Gasteiger charge is -2.29. The number of benzene rings is 3. The largest absolute Gasteiger partial charge is 0.417 e. The van der Waals surface area contributed by atoms with Crippen LogP contribution >= 0.6 is 11.6 Å². The average molecular weight is 462 g/mol. The minimum absolute atomic E-state index is 0.0240. The molecule has 3 aromatic rings. The Hall–Kier alpha value is -2.34. The lowest BCUT2D eigenvalue weighted by Crippen LogP contribution is -2.31. The molecule has 0 amide bonds. The van der Waals surface area contributed by atoms with E-state index in [-0.39, 0.29) is 17.5 Å². The normalized spacial score (nSPS) is 13.0. The molecule has 0 heterocycles. The van der Waals surface area contributed by atoms with Crippen LogP contribution in [0.3, 0.4) is 0 Å². The first-order valence-electron chi connectivity index (χ1n) is 10.6. The van der Waals surface area contributed by atoms with Crippen molar-refractivity contribution in [1.29, 1.82) is 0 Å². The Morgan fingerprint density at radius 1 is 0.875 bits per heavy atom. The van der Waals surface area contributed by atoms with Gasteiger partial charge < -0.3 is 5.11 Å². The van der Waals surface area contributed by atoms with E-state index in [1.807, 2.05) is 36.4 Å². The monoisotopic (exact) mass is 461 g/mol. The number of aliphatic hydroxyl groups excluding tert-OH is 1. The second-order valence-electron chi connectivity index (χ2n) is 8.02. The van der Waals surface area contributed by atoms with E-state index in [4.69, 9.17) is 11.6 Å². The third-order valence-corrected chi connectivity index (χ3v) is 5.93. The Morgan fingerprint density at radius 3 is 1.94 bits per heavy atom. The SMILES string of the molecule is CC(O)CCN(Cc1cccc(C(F)(F)F)c1Cl)CC(c1ccccc1)c1ccccc1. The lowest BCUT2D eigenvalue weighted by molar-refractivity contribution is -0.137. The van der Waals surface area contributed by atoms with Crippen molar-refractivity contribution in [3.05, 3.63) is 106 Å². The number of aliphatic hydroxyl groups is 1. The number of hydrogen-bond acceptors (Lipinski definition) is 2. The van der Waals surface area contributed by atoms with Crippen molar-refractivity contribution < 1.29 is 18.3 Å². The van der Waals surface area contributed by atoms with Gasteiger partial charge >= 0.3 is 6.18 Å². The summed E-state index contributed by atoms with van der Waals surface area (Å²) in [6.07, 6.45) is -4.51. The van der Waals surface area contributed by atoms with E-state index in [1.165, 1.54) is 6.07 Å². The van der Waals surface area contributed by atoms with Crippen molar-refractivity contribution in [1.82, 2.24) is 4.90 Å². The van der Waals surface area contributed by atoms with Crippen LogP contribution in [0.1, 0.15) is 41.5 Å². The highest BCUT2D eigenvalue weighted by Gasteiger charge is 2.34. The molecule has 0 aliphatic rings. The van der Waals surface area contributed by atoms with E-state index in [0.29, 0.717) is 25.1 Å². The predicted molar refractivity (Wildman–Crippen MR) is 123 cm³/mol. The highest BCUT2D eigenvalue weighted by Crippen LogP contribution is 2.37. The first-order chi connectivity index (χ1) is 15.3. The summed E-state index contributed by atoms with van der Waals surface area (Å²) in [4.78, 5) is 2.07. The van der Waals surface area contributed by atoms with Gasteiger partial charge in [-0.1, -0.05) is 84.4 Å².